The number of nitrogens with zero attached hydrogens (tertiary/aromatic N) is 1. The van der Waals surface area contributed by atoms with Crippen molar-refractivity contribution in [2.75, 3.05) is 4.90 Å². The van der Waals surface area contributed by atoms with Gasteiger partial charge in [0, 0.05) is 17.1 Å². The van der Waals surface area contributed by atoms with E-state index in [-0.39, 0.29) is 0 Å². The van der Waals surface area contributed by atoms with Crippen molar-refractivity contribution in [2.24, 2.45) is 0 Å². The minimum absolute atomic E-state index is 0.468. The van der Waals surface area contributed by atoms with Crippen LogP contribution in [0.4, 0.5) is 17.1 Å². The number of benzene rings is 9. The number of anilines is 3. The molecule has 0 heterocycles. The van der Waals surface area contributed by atoms with E-state index >= 15 is 0 Å². The van der Waals surface area contributed by atoms with Crippen molar-refractivity contribution in [3.8, 4) is 55.6 Å². The average molecular weight is 742 g/mol. The molecule has 1 atom stereocenters. The lowest BCUT2D eigenvalue weighted by atomic mass is 9.81. The minimum atomic E-state index is 0.468. The van der Waals surface area contributed by atoms with Gasteiger partial charge in [-0.3, -0.25) is 0 Å². The van der Waals surface area contributed by atoms with Gasteiger partial charge < -0.3 is 4.90 Å². The van der Waals surface area contributed by atoms with Crippen LogP contribution in [-0.2, 0) is 0 Å². The van der Waals surface area contributed by atoms with E-state index in [2.05, 4.69) is 236 Å². The lowest BCUT2D eigenvalue weighted by Gasteiger charge is -2.28. The molecule has 1 aliphatic carbocycles. The summed E-state index contributed by atoms with van der Waals surface area (Å²) in [5, 5.41) is 2.66. The third-order valence-electron chi connectivity index (χ3n) is 11.7. The van der Waals surface area contributed by atoms with E-state index in [9.17, 15) is 0 Å². The summed E-state index contributed by atoms with van der Waals surface area (Å²) >= 11 is 0. The fourth-order valence-electron chi connectivity index (χ4n) is 8.88. The molecule has 1 heteroatoms. The second kappa shape index (κ2) is 15.4. The molecule has 0 aliphatic heterocycles. The van der Waals surface area contributed by atoms with Crippen LogP contribution in [0.2, 0.25) is 0 Å². The van der Waals surface area contributed by atoms with Gasteiger partial charge in [0.25, 0.3) is 0 Å². The molecule has 1 aliphatic rings. The third kappa shape index (κ3) is 6.61. The predicted octanol–water partition coefficient (Wildman–Crippen LogP) is 16.2. The van der Waals surface area contributed by atoms with Gasteiger partial charge in [-0.15, -0.1) is 0 Å². The first kappa shape index (κ1) is 35.2. The first-order valence-electron chi connectivity index (χ1n) is 20.3. The molecule has 0 spiro atoms. The fraction of sp³-hybridized carbons (Fsp3) is 0.0526. The lowest BCUT2D eigenvalue weighted by Crippen LogP contribution is -2.11. The molecule has 58 heavy (non-hydrogen) atoms. The molecular weight excluding hydrogens is 699 g/mol. The number of hydrogen-bond acceptors (Lipinski definition) is 1. The third-order valence-corrected chi connectivity index (χ3v) is 11.7. The number of allylic oxidation sites excluding steroid dienone is 1. The highest BCUT2D eigenvalue weighted by atomic mass is 15.1. The van der Waals surface area contributed by atoms with Gasteiger partial charge in [0.2, 0.25) is 0 Å². The molecule has 1 unspecified atom stereocenters. The maximum Gasteiger partial charge on any atom is 0.0468 e. The second-order valence-electron chi connectivity index (χ2n) is 15.3. The molecule has 0 bridgehead atoms. The highest BCUT2D eigenvalue weighted by Gasteiger charge is 2.22. The van der Waals surface area contributed by atoms with Gasteiger partial charge in [0.05, 0.1) is 0 Å². The fourth-order valence-corrected chi connectivity index (χ4v) is 8.88. The van der Waals surface area contributed by atoms with Gasteiger partial charge in [0.1, 0.15) is 0 Å². The van der Waals surface area contributed by atoms with E-state index in [0.717, 1.165) is 23.5 Å². The van der Waals surface area contributed by atoms with E-state index in [4.69, 9.17) is 0 Å². The quantitative estimate of drug-likeness (QED) is 0.150. The SMILES string of the molecule is CC1CC=Cc2c(-c3ccc(N(c4ccc(-c5ccccc5)c(-c5ccccc5)c4)c4ccc(-c5ccccc5)c(-c5ccccc5)c4)cc3)cc3ccccc3c21. The molecule has 0 saturated heterocycles. The van der Waals surface area contributed by atoms with Crippen molar-refractivity contribution in [3.63, 3.8) is 0 Å². The Morgan fingerprint density at radius 3 is 1.33 bits per heavy atom. The predicted molar refractivity (Wildman–Crippen MR) is 248 cm³/mol. The van der Waals surface area contributed by atoms with Crippen LogP contribution in [0.15, 0.2) is 218 Å². The van der Waals surface area contributed by atoms with Crippen LogP contribution in [0, 0.1) is 0 Å². The Labute approximate surface area is 341 Å². The van der Waals surface area contributed by atoms with Gasteiger partial charge in [0.15, 0.2) is 0 Å². The molecular formula is C57H43N. The Balaban J connectivity index is 1.17. The van der Waals surface area contributed by atoms with Crippen molar-refractivity contribution in [1.29, 1.82) is 0 Å². The Bertz CT molecular complexity index is 2770. The number of rotatable bonds is 8. The van der Waals surface area contributed by atoms with Crippen LogP contribution >= 0.6 is 0 Å². The smallest absolute Gasteiger partial charge is 0.0468 e. The Hall–Kier alpha value is -7.22. The van der Waals surface area contributed by atoms with Crippen molar-refractivity contribution in [2.45, 2.75) is 19.3 Å². The molecule has 0 aromatic heterocycles. The Morgan fingerprint density at radius 2 is 0.810 bits per heavy atom. The topological polar surface area (TPSA) is 3.24 Å². The summed E-state index contributed by atoms with van der Waals surface area (Å²) in [6.07, 6.45) is 5.75. The first-order chi connectivity index (χ1) is 28.7. The van der Waals surface area contributed by atoms with Crippen LogP contribution in [0.3, 0.4) is 0 Å². The zero-order valence-electron chi connectivity index (χ0n) is 32.6. The minimum Gasteiger partial charge on any atom is -0.310 e. The zero-order valence-corrected chi connectivity index (χ0v) is 32.6. The normalized spacial score (nSPS) is 13.3. The maximum atomic E-state index is 2.42. The molecule has 0 amide bonds. The van der Waals surface area contributed by atoms with Crippen LogP contribution in [0.25, 0.3) is 72.5 Å². The Kier molecular flexibility index (Phi) is 9.33. The summed E-state index contributed by atoms with van der Waals surface area (Å²) in [6, 6.07) is 77.3. The first-order valence-corrected chi connectivity index (χ1v) is 20.3. The van der Waals surface area contributed by atoms with Gasteiger partial charge >= 0.3 is 0 Å². The van der Waals surface area contributed by atoms with Gasteiger partial charge in [-0.05, 0) is 132 Å². The van der Waals surface area contributed by atoms with Gasteiger partial charge in [-0.2, -0.15) is 0 Å². The Morgan fingerprint density at radius 1 is 0.379 bits per heavy atom. The van der Waals surface area contributed by atoms with Crippen LogP contribution in [0.1, 0.15) is 30.4 Å². The molecule has 0 N–H and O–H groups in total. The summed E-state index contributed by atoms with van der Waals surface area (Å²) in [6.45, 7) is 2.36. The molecule has 0 fully saturated rings. The van der Waals surface area contributed by atoms with Gasteiger partial charge in [-0.25, -0.2) is 0 Å². The summed E-state index contributed by atoms with van der Waals surface area (Å²) < 4.78 is 0. The monoisotopic (exact) mass is 741 g/mol. The number of hydrogen-bond donors (Lipinski definition) is 0. The second-order valence-corrected chi connectivity index (χ2v) is 15.3. The summed E-state index contributed by atoms with van der Waals surface area (Å²) in [5.41, 5.74) is 18.2. The van der Waals surface area contributed by atoms with Crippen molar-refractivity contribution in [1.82, 2.24) is 0 Å². The van der Waals surface area contributed by atoms with E-state index < -0.39 is 0 Å². The summed E-state index contributed by atoms with van der Waals surface area (Å²) in [5.74, 6) is 0.468. The van der Waals surface area contributed by atoms with Gasteiger partial charge in [-0.1, -0.05) is 189 Å². The molecule has 1 nitrogen and oxygen atoms in total. The summed E-state index contributed by atoms with van der Waals surface area (Å²) in [7, 11) is 0. The standard InChI is InChI=1S/C57H43N/c1-40-17-16-28-53-54(37-46-26-14-15-27-52(46)57(40)53)45-29-31-47(32-30-45)58(48-33-35-50(41-18-6-2-7-19-41)55(38-48)43-22-10-4-11-23-43)49-34-36-51(42-20-8-3-9-21-42)56(39-49)44-24-12-5-13-25-44/h2-16,18-40H,17H2,1H3. The highest BCUT2D eigenvalue weighted by Crippen LogP contribution is 2.45. The average Bonchev–Trinajstić information content (AvgIpc) is 3.30. The van der Waals surface area contributed by atoms with Crippen molar-refractivity contribution < 1.29 is 0 Å². The molecule has 10 rings (SSSR count). The van der Waals surface area contributed by atoms with Crippen LogP contribution < -0.4 is 4.90 Å². The van der Waals surface area contributed by atoms with Crippen LogP contribution in [0.5, 0.6) is 0 Å². The van der Waals surface area contributed by atoms with Crippen molar-refractivity contribution in [3.05, 3.63) is 230 Å². The molecule has 276 valence electrons. The molecule has 0 radical (unpaired) electrons. The molecule has 9 aromatic carbocycles. The molecule has 9 aromatic rings. The van der Waals surface area contributed by atoms with E-state index in [1.807, 2.05) is 0 Å². The zero-order chi connectivity index (χ0) is 38.8. The highest BCUT2D eigenvalue weighted by molar-refractivity contribution is 5.97. The number of fused-ring (bicyclic) bond motifs is 3. The van der Waals surface area contributed by atoms with Crippen LogP contribution in [-0.4, -0.2) is 0 Å². The van der Waals surface area contributed by atoms with E-state index in [0.29, 0.717) is 5.92 Å². The van der Waals surface area contributed by atoms with E-state index in [1.54, 1.807) is 0 Å². The van der Waals surface area contributed by atoms with Crippen molar-refractivity contribution >= 4 is 33.9 Å². The van der Waals surface area contributed by atoms with E-state index in [1.165, 1.54) is 77.5 Å². The summed E-state index contributed by atoms with van der Waals surface area (Å²) in [4.78, 5) is 2.42. The molecule has 0 saturated carbocycles. The maximum absolute atomic E-state index is 2.42. The lowest BCUT2D eigenvalue weighted by molar-refractivity contribution is 0.779. The largest absolute Gasteiger partial charge is 0.310 e.